The highest BCUT2D eigenvalue weighted by molar-refractivity contribution is 6.21. The van der Waals surface area contributed by atoms with E-state index in [1.165, 1.54) is 0 Å². The maximum Gasteiger partial charge on any atom is 0.344 e. The van der Waals surface area contributed by atoms with Gasteiger partial charge in [-0.1, -0.05) is 60.7 Å². The molecule has 4 heteroatoms. The van der Waals surface area contributed by atoms with Crippen LogP contribution in [0.3, 0.4) is 0 Å². The zero-order valence-electron chi connectivity index (χ0n) is 12.9. The second-order valence-corrected chi connectivity index (χ2v) is 4.72. The molecule has 4 nitrogen and oxygen atoms in total. The monoisotopic (exact) mass is 310 g/mol. The van der Waals surface area contributed by atoms with Crippen LogP contribution in [0.1, 0.15) is 18.1 Å². The van der Waals surface area contributed by atoms with Crippen LogP contribution in [-0.2, 0) is 19.1 Å². The molecule has 0 amide bonds. The highest BCUT2D eigenvalue weighted by Gasteiger charge is 2.15. The Labute approximate surface area is 135 Å². The van der Waals surface area contributed by atoms with E-state index in [1.807, 2.05) is 60.7 Å². The van der Waals surface area contributed by atoms with Crippen molar-refractivity contribution in [2.75, 3.05) is 13.2 Å². The molecule has 23 heavy (non-hydrogen) atoms. The number of rotatable bonds is 6. The van der Waals surface area contributed by atoms with E-state index in [2.05, 4.69) is 0 Å². The number of benzene rings is 2. The first-order chi connectivity index (χ1) is 11.2. The first-order valence-corrected chi connectivity index (χ1v) is 7.35. The SMILES string of the molecule is CCOC(=O)COC(=O)/C(=C/c1ccccc1)c1ccccc1. The molecule has 118 valence electrons. The van der Waals surface area contributed by atoms with Gasteiger partial charge in [0.25, 0.3) is 0 Å². The van der Waals surface area contributed by atoms with E-state index in [9.17, 15) is 9.59 Å². The van der Waals surface area contributed by atoms with Gasteiger partial charge in [-0.25, -0.2) is 9.59 Å². The minimum absolute atomic E-state index is 0.252. The van der Waals surface area contributed by atoms with Crippen LogP contribution in [0.2, 0.25) is 0 Å². The molecule has 0 aliphatic rings. The minimum atomic E-state index is -0.562. The van der Waals surface area contributed by atoms with Gasteiger partial charge in [-0.15, -0.1) is 0 Å². The molecule has 0 aliphatic heterocycles. The van der Waals surface area contributed by atoms with Crippen LogP contribution < -0.4 is 0 Å². The van der Waals surface area contributed by atoms with E-state index in [1.54, 1.807) is 13.0 Å². The predicted molar refractivity (Wildman–Crippen MR) is 88.3 cm³/mol. The molecular formula is C19H18O4. The lowest BCUT2D eigenvalue weighted by Gasteiger charge is -2.09. The summed E-state index contributed by atoms with van der Waals surface area (Å²) in [7, 11) is 0. The van der Waals surface area contributed by atoms with Gasteiger partial charge in [-0.2, -0.15) is 0 Å². The molecule has 2 aromatic rings. The molecule has 0 spiro atoms. The number of carbonyl (C=O) groups is 2. The molecule has 0 unspecified atom stereocenters. The van der Waals surface area contributed by atoms with Crippen LogP contribution in [0.5, 0.6) is 0 Å². The number of hydrogen-bond donors (Lipinski definition) is 0. The van der Waals surface area contributed by atoms with Crippen molar-refractivity contribution in [2.45, 2.75) is 6.92 Å². The number of hydrogen-bond acceptors (Lipinski definition) is 4. The predicted octanol–water partition coefficient (Wildman–Crippen LogP) is 3.33. The van der Waals surface area contributed by atoms with E-state index in [0.717, 1.165) is 11.1 Å². The van der Waals surface area contributed by atoms with Gasteiger partial charge in [0.15, 0.2) is 6.61 Å². The smallest absolute Gasteiger partial charge is 0.344 e. The quantitative estimate of drug-likeness (QED) is 0.466. The Balaban J connectivity index is 2.22. The van der Waals surface area contributed by atoms with Crippen molar-refractivity contribution in [2.24, 2.45) is 0 Å². The van der Waals surface area contributed by atoms with Crippen LogP contribution >= 0.6 is 0 Å². The van der Waals surface area contributed by atoms with Crippen molar-refractivity contribution in [3.05, 3.63) is 71.8 Å². The van der Waals surface area contributed by atoms with Crippen LogP contribution in [-0.4, -0.2) is 25.2 Å². The summed E-state index contributed by atoms with van der Waals surface area (Å²) in [4.78, 5) is 23.7. The molecule has 0 aliphatic carbocycles. The van der Waals surface area contributed by atoms with Crippen LogP contribution in [0.15, 0.2) is 60.7 Å². The molecule has 0 heterocycles. The Bertz CT molecular complexity index is 675. The van der Waals surface area contributed by atoms with E-state index < -0.39 is 18.5 Å². The second-order valence-electron chi connectivity index (χ2n) is 4.72. The van der Waals surface area contributed by atoms with Gasteiger partial charge in [0.2, 0.25) is 0 Å². The van der Waals surface area contributed by atoms with Crippen molar-refractivity contribution >= 4 is 23.6 Å². The number of ether oxygens (including phenoxy) is 2. The normalized spacial score (nSPS) is 10.9. The highest BCUT2D eigenvalue weighted by atomic mass is 16.6. The van der Waals surface area contributed by atoms with Gasteiger partial charge in [0, 0.05) is 0 Å². The van der Waals surface area contributed by atoms with E-state index in [4.69, 9.17) is 9.47 Å². The van der Waals surface area contributed by atoms with Crippen LogP contribution in [0.25, 0.3) is 11.6 Å². The number of esters is 2. The summed E-state index contributed by atoms with van der Waals surface area (Å²) in [6.45, 7) is 1.55. The van der Waals surface area contributed by atoms with Crippen LogP contribution in [0.4, 0.5) is 0 Å². The van der Waals surface area contributed by atoms with Crippen LogP contribution in [0, 0.1) is 0 Å². The topological polar surface area (TPSA) is 52.6 Å². The van der Waals surface area contributed by atoms with Gasteiger partial charge in [0.1, 0.15) is 0 Å². The summed E-state index contributed by atoms with van der Waals surface area (Å²) in [6, 6.07) is 18.6. The van der Waals surface area contributed by atoms with E-state index in [-0.39, 0.29) is 6.61 Å². The summed E-state index contributed by atoms with van der Waals surface area (Å²) in [5.74, 6) is -1.12. The molecular weight excluding hydrogens is 292 g/mol. The Kier molecular flexibility index (Phi) is 6.12. The molecule has 0 atom stereocenters. The Morgan fingerprint density at radius 3 is 2.13 bits per heavy atom. The Morgan fingerprint density at radius 1 is 0.913 bits per heavy atom. The van der Waals surface area contributed by atoms with Gasteiger partial charge in [0.05, 0.1) is 12.2 Å². The molecule has 0 radical (unpaired) electrons. The highest BCUT2D eigenvalue weighted by Crippen LogP contribution is 2.19. The van der Waals surface area contributed by atoms with Gasteiger partial charge in [-0.05, 0) is 24.1 Å². The molecule has 0 saturated heterocycles. The molecule has 0 bridgehead atoms. The largest absolute Gasteiger partial charge is 0.463 e. The van der Waals surface area contributed by atoms with E-state index >= 15 is 0 Å². The average Bonchev–Trinajstić information content (AvgIpc) is 2.59. The fourth-order valence-electron chi connectivity index (χ4n) is 2.00. The molecule has 0 N–H and O–H groups in total. The summed E-state index contributed by atoms with van der Waals surface area (Å²) in [6.07, 6.45) is 1.74. The summed E-state index contributed by atoms with van der Waals surface area (Å²) in [5, 5.41) is 0. The fraction of sp³-hybridized carbons (Fsp3) is 0.158. The molecule has 0 fully saturated rings. The molecule has 2 rings (SSSR count). The van der Waals surface area contributed by atoms with Crippen molar-refractivity contribution in [3.8, 4) is 0 Å². The van der Waals surface area contributed by atoms with E-state index in [0.29, 0.717) is 5.57 Å². The maximum absolute atomic E-state index is 12.4. The van der Waals surface area contributed by atoms with Crippen molar-refractivity contribution in [1.82, 2.24) is 0 Å². The van der Waals surface area contributed by atoms with Crippen molar-refractivity contribution in [3.63, 3.8) is 0 Å². The summed E-state index contributed by atoms with van der Waals surface area (Å²) >= 11 is 0. The van der Waals surface area contributed by atoms with Gasteiger partial charge < -0.3 is 9.47 Å². The zero-order valence-corrected chi connectivity index (χ0v) is 12.9. The summed E-state index contributed by atoms with van der Waals surface area (Å²) < 4.78 is 9.82. The molecule has 2 aromatic carbocycles. The lowest BCUT2D eigenvalue weighted by molar-refractivity contribution is -0.155. The number of carbonyl (C=O) groups excluding carboxylic acids is 2. The third kappa shape index (κ3) is 5.11. The van der Waals surface area contributed by atoms with Crippen molar-refractivity contribution < 1.29 is 19.1 Å². The maximum atomic E-state index is 12.4. The molecule has 0 saturated carbocycles. The third-order valence-electron chi connectivity index (χ3n) is 3.04. The second kappa shape index (κ2) is 8.54. The van der Waals surface area contributed by atoms with Gasteiger partial charge >= 0.3 is 11.9 Å². The minimum Gasteiger partial charge on any atom is -0.463 e. The third-order valence-corrected chi connectivity index (χ3v) is 3.04. The Hall–Kier alpha value is -2.88. The molecule has 0 aromatic heterocycles. The lowest BCUT2D eigenvalue weighted by atomic mass is 10.0. The zero-order chi connectivity index (χ0) is 16.5. The first kappa shape index (κ1) is 16.5. The standard InChI is InChI=1S/C19H18O4/c1-2-22-18(20)14-23-19(21)17(16-11-7-4-8-12-16)13-15-9-5-3-6-10-15/h3-13H,2,14H2,1H3/b17-13+. The van der Waals surface area contributed by atoms with Gasteiger partial charge in [-0.3, -0.25) is 0 Å². The fourth-order valence-corrected chi connectivity index (χ4v) is 2.00. The van der Waals surface area contributed by atoms with Crippen molar-refractivity contribution in [1.29, 1.82) is 0 Å². The first-order valence-electron chi connectivity index (χ1n) is 7.35. The Morgan fingerprint density at radius 2 is 1.52 bits per heavy atom. The average molecular weight is 310 g/mol. The summed E-state index contributed by atoms with van der Waals surface area (Å²) in [5.41, 5.74) is 1.99. The lowest BCUT2D eigenvalue weighted by Crippen LogP contribution is -2.17.